The van der Waals surface area contributed by atoms with E-state index in [-0.39, 0.29) is 17.9 Å². The fourth-order valence-electron chi connectivity index (χ4n) is 4.29. The molecule has 0 radical (unpaired) electrons. The van der Waals surface area contributed by atoms with Gasteiger partial charge >= 0.3 is 24.3 Å². The SMILES string of the molecule is Cn1nc(NC(=O)C2CCC(N)CC2)c2ccc(N3CCCCCC3)nc21.O=C(O)C(F)(F)F.O=C(O)C(F)(F)F. The summed E-state index contributed by atoms with van der Waals surface area (Å²) in [4.78, 5) is 37.7. The Kier molecular flexibility index (Phi) is 11.7. The maximum Gasteiger partial charge on any atom is 0.490 e. The molecular weight excluding hydrogens is 566 g/mol. The molecule has 5 N–H and O–H groups in total. The summed E-state index contributed by atoms with van der Waals surface area (Å²) < 4.78 is 65.2. The van der Waals surface area contributed by atoms with E-state index in [1.807, 2.05) is 13.1 Å². The van der Waals surface area contributed by atoms with Crippen molar-refractivity contribution >= 4 is 40.5 Å². The number of rotatable bonds is 3. The second-order valence-corrected chi connectivity index (χ2v) is 9.62. The lowest BCUT2D eigenvalue weighted by atomic mass is 9.86. The Morgan fingerprint density at radius 1 is 0.902 bits per heavy atom. The van der Waals surface area contributed by atoms with E-state index in [0.717, 1.165) is 55.6 Å². The van der Waals surface area contributed by atoms with Crippen molar-refractivity contribution in [2.24, 2.45) is 18.7 Å². The van der Waals surface area contributed by atoms with Gasteiger partial charge in [-0.1, -0.05) is 12.8 Å². The lowest BCUT2D eigenvalue weighted by Gasteiger charge is -2.24. The molecule has 2 aromatic heterocycles. The molecule has 0 aromatic carbocycles. The number of halogens is 6. The molecule has 0 atom stereocenters. The molecule has 230 valence electrons. The van der Waals surface area contributed by atoms with E-state index in [9.17, 15) is 31.1 Å². The second kappa shape index (κ2) is 14.3. The molecule has 1 saturated heterocycles. The Hall–Kier alpha value is -3.63. The molecule has 2 aliphatic rings. The fourth-order valence-corrected chi connectivity index (χ4v) is 4.29. The number of fused-ring (bicyclic) bond motifs is 1. The van der Waals surface area contributed by atoms with Gasteiger partial charge in [-0.25, -0.2) is 19.3 Å². The number of alkyl halides is 6. The number of carbonyl (C=O) groups is 3. The standard InChI is InChI=1S/C20H30N6O.2C2HF3O2/c1-25-19-16(10-11-17(22-19)26-12-4-2-3-5-13-26)18(24-25)23-20(27)14-6-8-15(21)9-7-14;2*3-2(4,5)1(6)7/h10-11,14-15H,2-9,12-13,21H2,1H3,(H,23,24,27);2*(H,6,7). The van der Waals surface area contributed by atoms with E-state index >= 15 is 0 Å². The van der Waals surface area contributed by atoms with Gasteiger partial charge in [0.15, 0.2) is 11.5 Å². The number of nitrogens with zero attached hydrogens (tertiary/aromatic N) is 4. The molecule has 11 nitrogen and oxygen atoms in total. The van der Waals surface area contributed by atoms with Crippen LogP contribution >= 0.6 is 0 Å². The summed E-state index contributed by atoms with van der Waals surface area (Å²) in [5.41, 5.74) is 6.77. The predicted octanol–water partition coefficient (Wildman–Crippen LogP) is 4.07. The van der Waals surface area contributed by atoms with Gasteiger partial charge in [0.25, 0.3) is 0 Å². The van der Waals surface area contributed by atoms with Gasteiger partial charge in [-0.15, -0.1) is 0 Å². The quantitative estimate of drug-likeness (QED) is 0.381. The highest BCUT2D eigenvalue weighted by Crippen LogP contribution is 2.28. The zero-order valence-electron chi connectivity index (χ0n) is 22.1. The van der Waals surface area contributed by atoms with Crippen molar-refractivity contribution in [1.29, 1.82) is 0 Å². The summed E-state index contributed by atoms with van der Waals surface area (Å²) in [7, 11) is 1.89. The number of hydrogen-bond acceptors (Lipinski definition) is 7. The number of anilines is 2. The molecule has 0 bridgehead atoms. The van der Waals surface area contributed by atoms with Crippen LogP contribution in [0.2, 0.25) is 0 Å². The molecule has 1 amide bonds. The van der Waals surface area contributed by atoms with Crippen LogP contribution in [0.4, 0.5) is 38.0 Å². The fraction of sp³-hybridized carbons (Fsp3) is 0.625. The second-order valence-electron chi connectivity index (χ2n) is 9.62. The van der Waals surface area contributed by atoms with Gasteiger partial charge in [-0.3, -0.25) is 4.79 Å². The van der Waals surface area contributed by atoms with Gasteiger partial charge in [0.05, 0.1) is 5.39 Å². The summed E-state index contributed by atoms with van der Waals surface area (Å²) in [6.07, 6.45) is -1.58. The molecule has 4 rings (SSSR count). The average molecular weight is 599 g/mol. The van der Waals surface area contributed by atoms with E-state index in [1.54, 1.807) is 4.68 Å². The predicted molar refractivity (Wildman–Crippen MR) is 135 cm³/mol. The summed E-state index contributed by atoms with van der Waals surface area (Å²) in [5.74, 6) is -3.81. The normalized spacial score (nSPS) is 19.7. The summed E-state index contributed by atoms with van der Waals surface area (Å²) >= 11 is 0. The smallest absolute Gasteiger partial charge is 0.475 e. The van der Waals surface area contributed by atoms with Crippen LogP contribution in [-0.2, 0) is 21.4 Å². The number of carboxylic acids is 2. The molecule has 1 saturated carbocycles. The molecule has 41 heavy (non-hydrogen) atoms. The lowest BCUT2D eigenvalue weighted by molar-refractivity contribution is -0.193. The van der Waals surface area contributed by atoms with E-state index in [0.29, 0.717) is 5.82 Å². The Bertz CT molecular complexity index is 1160. The molecular formula is C24H32F6N6O5. The first-order valence-electron chi connectivity index (χ1n) is 12.8. The van der Waals surface area contributed by atoms with Gasteiger partial charge in [0.1, 0.15) is 5.82 Å². The first-order valence-corrected chi connectivity index (χ1v) is 12.8. The zero-order chi connectivity index (χ0) is 31.0. The third-order valence-corrected chi connectivity index (χ3v) is 6.47. The van der Waals surface area contributed by atoms with Crippen LogP contribution in [0.5, 0.6) is 0 Å². The number of aromatic nitrogens is 3. The van der Waals surface area contributed by atoms with Crippen molar-refractivity contribution in [2.45, 2.75) is 69.8 Å². The highest BCUT2D eigenvalue weighted by Gasteiger charge is 2.39. The first kappa shape index (κ1) is 33.6. The highest BCUT2D eigenvalue weighted by atomic mass is 19.4. The number of hydrogen-bond donors (Lipinski definition) is 4. The maximum atomic E-state index is 12.6. The number of nitrogens with one attached hydrogen (secondary N) is 1. The molecule has 3 heterocycles. The van der Waals surface area contributed by atoms with Crippen LogP contribution in [0, 0.1) is 5.92 Å². The van der Waals surface area contributed by atoms with Crippen LogP contribution in [0.15, 0.2) is 12.1 Å². The molecule has 1 aliphatic heterocycles. The van der Waals surface area contributed by atoms with E-state index in [2.05, 4.69) is 21.4 Å². The van der Waals surface area contributed by atoms with Crippen LogP contribution in [0.25, 0.3) is 11.0 Å². The van der Waals surface area contributed by atoms with Crippen LogP contribution in [-0.4, -0.2) is 74.3 Å². The maximum absolute atomic E-state index is 12.6. The third-order valence-electron chi connectivity index (χ3n) is 6.47. The van der Waals surface area contributed by atoms with Crippen molar-refractivity contribution in [1.82, 2.24) is 14.8 Å². The Balaban J connectivity index is 0.000000349. The van der Waals surface area contributed by atoms with Gasteiger partial charge in [-0.05, 0) is 50.7 Å². The van der Waals surface area contributed by atoms with Crippen molar-refractivity contribution in [3.63, 3.8) is 0 Å². The third kappa shape index (κ3) is 10.4. The van der Waals surface area contributed by atoms with Crippen molar-refractivity contribution in [2.75, 3.05) is 23.3 Å². The van der Waals surface area contributed by atoms with Gasteiger partial charge in [0.2, 0.25) is 5.91 Å². The summed E-state index contributed by atoms with van der Waals surface area (Å²) in [6, 6.07) is 4.35. The molecule has 0 unspecified atom stereocenters. The minimum Gasteiger partial charge on any atom is -0.475 e. The van der Waals surface area contributed by atoms with Crippen molar-refractivity contribution in [3.8, 4) is 0 Å². The summed E-state index contributed by atoms with van der Waals surface area (Å²) in [6.45, 7) is 2.12. The number of aryl methyl sites for hydroxylation is 1. The van der Waals surface area contributed by atoms with Gasteiger partial charge < -0.3 is 26.2 Å². The van der Waals surface area contributed by atoms with Crippen LogP contribution in [0.1, 0.15) is 51.4 Å². The molecule has 2 fully saturated rings. The number of aliphatic carboxylic acids is 2. The number of pyridine rings is 1. The molecule has 1 aliphatic carbocycles. The average Bonchev–Trinajstić information content (AvgIpc) is 3.03. The van der Waals surface area contributed by atoms with E-state index < -0.39 is 24.3 Å². The van der Waals surface area contributed by atoms with Crippen molar-refractivity contribution in [3.05, 3.63) is 12.1 Å². The minimum absolute atomic E-state index is 0.0335. The van der Waals surface area contributed by atoms with E-state index in [4.69, 9.17) is 30.5 Å². The Morgan fingerprint density at radius 2 is 1.39 bits per heavy atom. The van der Waals surface area contributed by atoms with Gasteiger partial charge in [-0.2, -0.15) is 31.4 Å². The monoisotopic (exact) mass is 598 g/mol. The number of carbonyl (C=O) groups excluding carboxylic acids is 1. The minimum atomic E-state index is -5.08. The lowest BCUT2D eigenvalue weighted by Crippen LogP contribution is -2.32. The molecule has 0 spiro atoms. The van der Waals surface area contributed by atoms with E-state index in [1.165, 1.54) is 25.7 Å². The zero-order valence-corrected chi connectivity index (χ0v) is 22.1. The van der Waals surface area contributed by atoms with Gasteiger partial charge in [0, 0.05) is 32.1 Å². The summed E-state index contributed by atoms with van der Waals surface area (Å²) in [5, 5.41) is 22.7. The Labute approximate surface area is 230 Å². The van der Waals surface area contributed by atoms with Crippen LogP contribution < -0.4 is 16.0 Å². The topological polar surface area (TPSA) is 164 Å². The Morgan fingerprint density at radius 3 is 1.85 bits per heavy atom. The molecule has 2 aromatic rings. The first-order chi connectivity index (χ1) is 19.0. The van der Waals surface area contributed by atoms with Crippen LogP contribution in [0.3, 0.4) is 0 Å². The number of nitrogens with two attached hydrogens (primary N) is 1. The number of carboxylic acid groups (broad SMARTS) is 2. The largest absolute Gasteiger partial charge is 0.490 e. The molecule has 17 heteroatoms. The van der Waals surface area contributed by atoms with Crippen molar-refractivity contribution < 1.29 is 50.9 Å². The number of amides is 1. The highest BCUT2D eigenvalue weighted by molar-refractivity contribution is 6.00.